The lowest BCUT2D eigenvalue weighted by Gasteiger charge is -2.58. The molecule has 4 aliphatic carbocycles. The van der Waals surface area contributed by atoms with Gasteiger partial charge in [-0.3, -0.25) is 4.99 Å². The average molecular weight is 314 g/mol. The lowest BCUT2D eigenvalue weighted by molar-refractivity contribution is -0.00434. The maximum Gasteiger partial charge on any atom is 0.224 e. The molecule has 2 heterocycles. The van der Waals surface area contributed by atoms with Gasteiger partial charge in [0.2, 0.25) is 5.95 Å². The quantitative estimate of drug-likeness (QED) is 0.932. The normalized spacial score (nSPS) is 36.8. The Hall–Kier alpha value is -1.88. The Kier molecular flexibility index (Phi) is 2.62. The van der Waals surface area contributed by atoms with Gasteiger partial charge in [-0.25, -0.2) is 4.98 Å². The van der Waals surface area contributed by atoms with Crippen molar-refractivity contribution in [3.05, 3.63) is 35.5 Å². The summed E-state index contributed by atoms with van der Waals surface area (Å²) >= 11 is 6.33. The van der Waals surface area contributed by atoms with Crippen molar-refractivity contribution in [1.29, 1.82) is 0 Å². The summed E-state index contributed by atoms with van der Waals surface area (Å²) in [4.78, 5) is 15.5. The summed E-state index contributed by atoms with van der Waals surface area (Å²) in [5, 5.41) is 4.01. The van der Waals surface area contributed by atoms with Crippen molar-refractivity contribution in [1.82, 2.24) is 9.97 Å². The van der Waals surface area contributed by atoms with Gasteiger partial charge < -0.3 is 10.2 Å². The van der Waals surface area contributed by atoms with E-state index in [-0.39, 0.29) is 12.1 Å². The van der Waals surface area contributed by atoms with Crippen LogP contribution in [0.15, 0.2) is 35.5 Å². The van der Waals surface area contributed by atoms with Crippen molar-refractivity contribution >= 4 is 29.7 Å². The number of anilines is 2. The van der Waals surface area contributed by atoms with Gasteiger partial charge in [0.25, 0.3) is 0 Å². The predicted molar refractivity (Wildman–Crippen MR) is 87.5 cm³/mol. The van der Waals surface area contributed by atoms with Crippen LogP contribution in [0.25, 0.3) is 0 Å². The fourth-order valence-corrected chi connectivity index (χ4v) is 3.87. The molecule has 0 amide bonds. The molecule has 0 radical (unpaired) electrons. The maximum absolute atomic E-state index is 6.33. The Morgan fingerprint density at radius 3 is 2.77 bits per heavy atom. The monoisotopic (exact) mass is 313 g/mol. The lowest BCUT2D eigenvalue weighted by atomic mass is 9.52. The predicted octanol–water partition coefficient (Wildman–Crippen LogP) is 2.66. The number of allylic oxidation sites excluding steroid dienone is 2. The number of hydrogen-bond donors (Lipinski definition) is 1. The van der Waals surface area contributed by atoms with Gasteiger partial charge in [0.15, 0.2) is 5.82 Å². The van der Waals surface area contributed by atoms with Crippen LogP contribution in [0.3, 0.4) is 0 Å². The Bertz CT molecular complexity index is 698. The van der Waals surface area contributed by atoms with Gasteiger partial charge in [-0.15, -0.1) is 0 Å². The smallest absolute Gasteiger partial charge is 0.224 e. The van der Waals surface area contributed by atoms with Crippen molar-refractivity contribution in [2.75, 3.05) is 10.2 Å². The molecular formula is C16H16ClN5. The number of aromatic nitrogens is 2. The van der Waals surface area contributed by atoms with Crippen molar-refractivity contribution in [3.8, 4) is 0 Å². The molecule has 6 rings (SSSR count). The summed E-state index contributed by atoms with van der Waals surface area (Å²) in [6.07, 6.45) is 14.5. The molecule has 22 heavy (non-hydrogen) atoms. The van der Waals surface area contributed by atoms with Crippen molar-refractivity contribution < 1.29 is 0 Å². The second kappa shape index (κ2) is 4.56. The molecule has 1 N–H and O–H groups in total. The molecule has 6 heteroatoms. The molecule has 1 aliphatic heterocycles. The number of hydrogen-bond acceptors (Lipinski definition) is 5. The highest BCUT2D eigenvalue weighted by molar-refractivity contribution is 6.33. The molecule has 2 unspecified atom stereocenters. The molecule has 112 valence electrons. The van der Waals surface area contributed by atoms with Crippen LogP contribution in [0.5, 0.6) is 0 Å². The fourth-order valence-electron chi connectivity index (χ4n) is 3.68. The highest BCUT2D eigenvalue weighted by atomic mass is 35.5. The largest absolute Gasteiger partial charge is 0.351 e. The molecule has 0 spiro atoms. The van der Waals surface area contributed by atoms with E-state index in [4.69, 9.17) is 11.6 Å². The number of rotatable bonds is 3. The van der Waals surface area contributed by atoms with Gasteiger partial charge in [-0.2, -0.15) is 4.98 Å². The van der Waals surface area contributed by atoms with Gasteiger partial charge in [0.05, 0.1) is 24.6 Å². The first-order chi connectivity index (χ1) is 10.8. The van der Waals surface area contributed by atoms with E-state index in [1.807, 2.05) is 23.4 Å². The van der Waals surface area contributed by atoms with E-state index >= 15 is 0 Å². The van der Waals surface area contributed by atoms with E-state index in [2.05, 4.69) is 32.4 Å². The van der Waals surface area contributed by atoms with Gasteiger partial charge in [-0.1, -0.05) is 35.9 Å². The van der Waals surface area contributed by atoms with Crippen LogP contribution in [0.2, 0.25) is 5.02 Å². The minimum atomic E-state index is 0.145. The lowest BCUT2D eigenvalue weighted by Crippen LogP contribution is -2.59. The van der Waals surface area contributed by atoms with Gasteiger partial charge in [0.1, 0.15) is 5.02 Å². The SMILES string of the molecule is Clc1cnc(NC2C3CC2C3)nc1N1C=NC2C=CC=CC21. The molecule has 1 aromatic rings. The van der Waals surface area contributed by atoms with E-state index in [0.29, 0.717) is 17.0 Å². The molecule has 2 atom stereocenters. The minimum Gasteiger partial charge on any atom is -0.351 e. The Morgan fingerprint density at radius 2 is 2.00 bits per heavy atom. The Morgan fingerprint density at radius 1 is 1.18 bits per heavy atom. The molecule has 2 bridgehead atoms. The number of fused-ring (bicyclic) bond motifs is 1. The van der Waals surface area contributed by atoms with Crippen LogP contribution in [-0.4, -0.2) is 34.4 Å². The molecule has 5 nitrogen and oxygen atoms in total. The molecule has 1 aromatic heterocycles. The van der Waals surface area contributed by atoms with Crippen LogP contribution >= 0.6 is 11.6 Å². The third-order valence-corrected chi connectivity index (χ3v) is 5.52. The number of nitrogens with one attached hydrogen (secondary N) is 1. The summed E-state index contributed by atoms with van der Waals surface area (Å²) < 4.78 is 0. The maximum atomic E-state index is 6.33. The summed E-state index contributed by atoms with van der Waals surface area (Å²) in [6, 6.07) is 0.862. The van der Waals surface area contributed by atoms with E-state index in [1.54, 1.807) is 6.20 Å². The van der Waals surface area contributed by atoms with Crippen LogP contribution in [0.4, 0.5) is 11.8 Å². The second-order valence-corrected chi connectivity index (χ2v) is 6.86. The van der Waals surface area contributed by atoms with E-state index in [9.17, 15) is 0 Å². The van der Waals surface area contributed by atoms with Crippen LogP contribution in [0, 0.1) is 11.8 Å². The third kappa shape index (κ3) is 1.75. The first-order valence-corrected chi connectivity index (χ1v) is 8.13. The Labute approximate surface area is 133 Å². The average Bonchev–Trinajstić information content (AvgIpc) is 2.88. The zero-order valence-electron chi connectivity index (χ0n) is 11.9. The summed E-state index contributed by atoms with van der Waals surface area (Å²) in [6.45, 7) is 0. The van der Waals surface area contributed by atoms with Crippen LogP contribution in [-0.2, 0) is 0 Å². The highest BCUT2D eigenvalue weighted by Gasteiger charge is 2.52. The first-order valence-electron chi connectivity index (χ1n) is 7.75. The molecule has 5 aliphatic rings. The topological polar surface area (TPSA) is 53.4 Å². The number of aliphatic imine (C=N–C) groups is 1. The van der Waals surface area contributed by atoms with Gasteiger partial charge >= 0.3 is 0 Å². The minimum absolute atomic E-state index is 0.145. The van der Waals surface area contributed by atoms with Crippen LogP contribution < -0.4 is 10.2 Å². The standard InChI is InChI=1S/C16H16ClN5/c17-11-7-18-16(20-14-9-5-10(14)6-9)21-15(11)22-8-19-12-3-1-2-4-13(12)22/h1-4,7-10,12-14H,5-6H2,(H,18,20,21). The van der Waals surface area contributed by atoms with Gasteiger partial charge in [-0.05, 0) is 24.7 Å². The van der Waals surface area contributed by atoms with Crippen LogP contribution in [0.1, 0.15) is 12.8 Å². The van der Waals surface area contributed by atoms with Gasteiger partial charge in [0, 0.05) is 6.04 Å². The summed E-state index contributed by atoms with van der Waals surface area (Å²) in [5.41, 5.74) is 0. The number of halogens is 1. The third-order valence-electron chi connectivity index (χ3n) is 5.25. The highest BCUT2D eigenvalue weighted by Crippen LogP contribution is 2.54. The van der Waals surface area contributed by atoms with E-state index < -0.39 is 0 Å². The summed E-state index contributed by atoms with van der Waals surface area (Å²) in [5.74, 6) is 3.03. The molecule has 3 saturated carbocycles. The van der Waals surface area contributed by atoms with Crippen molar-refractivity contribution in [3.63, 3.8) is 0 Å². The van der Waals surface area contributed by atoms with E-state index in [0.717, 1.165) is 17.7 Å². The zero-order chi connectivity index (χ0) is 14.7. The molecule has 0 aromatic carbocycles. The molecule has 0 saturated heterocycles. The Balaban J connectivity index is 1.42. The second-order valence-electron chi connectivity index (χ2n) is 6.45. The summed E-state index contributed by atoms with van der Waals surface area (Å²) in [7, 11) is 0. The van der Waals surface area contributed by atoms with Crippen molar-refractivity contribution in [2.24, 2.45) is 16.8 Å². The van der Waals surface area contributed by atoms with E-state index in [1.165, 1.54) is 12.8 Å². The molecule has 3 fully saturated rings. The first kappa shape index (κ1) is 12.6. The molecular weight excluding hydrogens is 298 g/mol. The zero-order valence-corrected chi connectivity index (χ0v) is 12.7. The fraction of sp³-hybridized carbons (Fsp3) is 0.438. The number of nitrogens with zero attached hydrogens (tertiary/aromatic N) is 4. The van der Waals surface area contributed by atoms with Crippen molar-refractivity contribution in [2.45, 2.75) is 31.0 Å².